The first-order valence-corrected chi connectivity index (χ1v) is 10.9. The minimum Gasteiger partial charge on any atom is -0.501 e. The third-order valence-electron chi connectivity index (χ3n) is 4.64. The maximum absolute atomic E-state index is 13.6. The third kappa shape index (κ3) is 4.69. The van der Waals surface area contributed by atoms with Crippen LogP contribution in [0.2, 0.25) is 0 Å². The molecule has 0 bridgehead atoms. The standard InChI is InChI=1S/C19H25N2O6P/c1-4-27-12-15(13(2)22)16(23)20-18(24)21-17-19(3,25)10-11-28(17,26)14-8-6-5-7-9-14/h5-9,12,17,25H,4,10-11H2,1-3H3,(H2,20,21,23,24)/b15-12+/t17-,19-,28+/m1/s1. The highest BCUT2D eigenvalue weighted by molar-refractivity contribution is 7.72. The van der Waals surface area contributed by atoms with E-state index < -0.39 is 36.2 Å². The van der Waals surface area contributed by atoms with Gasteiger partial charge < -0.3 is 19.7 Å². The Labute approximate surface area is 163 Å². The van der Waals surface area contributed by atoms with Gasteiger partial charge in [-0.15, -0.1) is 0 Å². The van der Waals surface area contributed by atoms with Crippen LogP contribution < -0.4 is 15.9 Å². The summed E-state index contributed by atoms with van der Waals surface area (Å²) in [4.78, 5) is 36.1. The number of nitrogens with one attached hydrogen (secondary N) is 2. The van der Waals surface area contributed by atoms with Crippen LogP contribution >= 0.6 is 7.14 Å². The Morgan fingerprint density at radius 3 is 2.54 bits per heavy atom. The van der Waals surface area contributed by atoms with Crippen LogP contribution in [0.4, 0.5) is 4.79 Å². The molecule has 1 fully saturated rings. The summed E-state index contributed by atoms with van der Waals surface area (Å²) >= 11 is 0. The Morgan fingerprint density at radius 1 is 1.32 bits per heavy atom. The SMILES string of the molecule is CCO/C=C(\C(C)=O)C(=O)NC(=O)N[C@H]1[C@](C)(O)CC[P@]1(=O)c1ccccc1. The van der Waals surface area contributed by atoms with Gasteiger partial charge in [-0.1, -0.05) is 30.3 Å². The van der Waals surface area contributed by atoms with Crippen LogP contribution in [-0.2, 0) is 18.9 Å². The second-order valence-electron chi connectivity index (χ2n) is 6.84. The van der Waals surface area contributed by atoms with Gasteiger partial charge in [0, 0.05) is 11.5 Å². The average Bonchev–Trinajstić information content (AvgIpc) is 2.87. The van der Waals surface area contributed by atoms with Crippen molar-refractivity contribution in [2.75, 3.05) is 12.8 Å². The van der Waals surface area contributed by atoms with Gasteiger partial charge in [0.2, 0.25) is 0 Å². The number of hydrogen-bond donors (Lipinski definition) is 3. The molecule has 8 nitrogen and oxygen atoms in total. The van der Waals surface area contributed by atoms with E-state index in [9.17, 15) is 24.1 Å². The summed E-state index contributed by atoms with van der Waals surface area (Å²) in [6, 6.07) is 7.70. The Kier molecular flexibility index (Phi) is 6.80. The molecule has 9 heteroatoms. The molecule has 152 valence electrons. The molecule has 1 saturated heterocycles. The number of aliphatic hydroxyl groups is 1. The van der Waals surface area contributed by atoms with Crippen molar-refractivity contribution in [1.82, 2.24) is 10.6 Å². The highest BCUT2D eigenvalue weighted by Crippen LogP contribution is 2.59. The zero-order chi connectivity index (χ0) is 20.9. The predicted molar refractivity (Wildman–Crippen MR) is 105 cm³/mol. The summed E-state index contributed by atoms with van der Waals surface area (Å²) in [5, 5.41) is 15.7. The molecule has 0 aromatic heterocycles. The maximum Gasteiger partial charge on any atom is 0.322 e. The number of ketones is 1. The first-order chi connectivity index (χ1) is 13.1. The van der Waals surface area contributed by atoms with E-state index in [0.717, 1.165) is 6.26 Å². The van der Waals surface area contributed by atoms with Crippen molar-refractivity contribution in [3.8, 4) is 0 Å². The van der Waals surface area contributed by atoms with Gasteiger partial charge in [0.1, 0.15) is 18.5 Å². The number of rotatable bonds is 6. The van der Waals surface area contributed by atoms with Gasteiger partial charge in [-0.3, -0.25) is 14.9 Å². The fraction of sp³-hybridized carbons (Fsp3) is 0.421. The van der Waals surface area contributed by atoms with Crippen molar-refractivity contribution in [2.24, 2.45) is 0 Å². The number of ether oxygens (including phenoxy) is 1. The van der Waals surface area contributed by atoms with Crippen molar-refractivity contribution in [3.05, 3.63) is 42.2 Å². The van der Waals surface area contributed by atoms with Crippen LogP contribution in [-0.4, -0.2) is 47.0 Å². The lowest BCUT2D eigenvalue weighted by Gasteiger charge is -2.30. The number of carbonyl (C=O) groups excluding carboxylic acids is 3. The summed E-state index contributed by atoms with van der Waals surface area (Å²) in [5.74, 6) is -2.57. The molecule has 0 unspecified atom stereocenters. The molecule has 0 aliphatic carbocycles. The molecule has 0 radical (unpaired) electrons. The van der Waals surface area contributed by atoms with Gasteiger partial charge in [-0.05, 0) is 27.2 Å². The zero-order valence-corrected chi connectivity index (χ0v) is 17.0. The first-order valence-electron chi connectivity index (χ1n) is 8.93. The summed E-state index contributed by atoms with van der Waals surface area (Å²) in [6.07, 6.45) is 1.46. The molecule has 1 aliphatic heterocycles. The predicted octanol–water partition coefficient (Wildman–Crippen LogP) is 1.49. The Balaban J connectivity index is 2.19. The Hall–Kier alpha value is -2.44. The zero-order valence-electron chi connectivity index (χ0n) is 16.1. The van der Waals surface area contributed by atoms with Crippen LogP contribution in [0, 0.1) is 0 Å². The van der Waals surface area contributed by atoms with Gasteiger partial charge in [0.05, 0.1) is 18.5 Å². The molecule has 3 amide bonds. The normalized spacial score (nSPS) is 27.1. The molecule has 1 aromatic rings. The van der Waals surface area contributed by atoms with Crippen molar-refractivity contribution in [3.63, 3.8) is 0 Å². The quantitative estimate of drug-likeness (QED) is 0.216. The molecule has 28 heavy (non-hydrogen) atoms. The molecule has 1 aliphatic rings. The molecule has 1 aromatic carbocycles. The van der Waals surface area contributed by atoms with Gasteiger partial charge in [-0.2, -0.15) is 0 Å². The van der Waals surface area contributed by atoms with Crippen molar-refractivity contribution >= 4 is 30.2 Å². The second-order valence-corrected chi connectivity index (χ2v) is 9.91. The van der Waals surface area contributed by atoms with E-state index in [1.165, 1.54) is 13.8 Å². The molecular weight excluding hydrogens is 383 g/mol. The molecule has 1 heterocycles. The fourth-order valence-corrected chi connectivity index (χ4v) is 6.75. The van der Waals surface area contributed by atoms with Crippen LogP contribution in [0.3, 0.4) is 0 Å². The van der Waals surface area contributed by atoms with E-state index in [1.54, 1.807) is 37.3 Å². The number of carbonyl (C=O) groups is 3. The molecular formula is C19H25N2O6P. The number of urea groups is 1. The van der Waals surface area contributed by atoms with E-state index in [-0.39, 0.29) is 24.8 Å². The molecule has 3 atom stereocenters. The van der Waals surface area contributed by atoms with Gasteiger partial charge in [-0.25, -0.2) is 4.79 Å². The van der Waals surface area contributed by atoms with Gasteiger partial charge in [0.15, 0.2) is 5.78 Å². The number of Topliss-reactive ketones (excluding diaryl/α,β-unsaturated/α-hetero) is 1. The average molecular weight is 408 g/mol. The molecule has 3 N–H and O–H groups in total. The summed E-state index contributed by atoms with van der Waals surface area (Å²) in [5.41, 5.74) is -1.72. The topological polar surface area (TPSA) is 122 Å². The minimum absolute atomic E-state index is 0.228. The van der Waals surface area contributed by atoms with Gasteiger partial charge >= 0.3 is 6.03 Å². The highest BCUT2D eigenvalue weighted by Gasteiger charge is 2.53. The van der Waals surface area contributed by atoms with E-state index in [0.29, 0.717) is 5.30 Å². The van der Waals surface area contributed by atoms with E-state index in [4.69, 9.17) is 4.74 Å². The molecule has 0 spiro atoms. The summed E-state index contributed by atoms with van der Waals surface area (Å²) in [6.45, 7) is 4.61. The smallest absolute Gasteiger partial charge is 0.322 e. The van der Waals surface area contributed by atoms with E-state index in [2.05, 4.69) is 5.32 Å². The van der Waals surface area contributed by atoms with Crippen LogP contribution in [0.1, 0.15) is 27.2 Å². The monoisotopic (exact) mass is 408 g/mol. The number of amides is 3. The number of hydrogen-bond acceptors (Lipinski definition) is 6. The van der Waals surface area contributed by atoms with Crippen molar-refractivity contribution in [2.45, 2.75) is 38.6 Å². The number of benzene rings is 1. The molecule has 2 rings (SSSR count). The van der Waals surface area contributed by atoms with Crippen LogP contribution in [0.5, 0.6) is 0 Å². The summed E-state index contributed by atoms with van der Waals surface area (Å²) < 4.78 is 18.6. The van der Waals surface area contributed by atoms with E-state index in [1.807, 2.05) is 5.32 Å². The fourth-order valence-electron chi connectivity index (χ4n) is 3.12. The van der Waals surface area contributed by atoms with Crippen LogP contribution in [0.15, 0.2) is 42.2 Å². The lowest BCUT2D eigenvalue weighted by Crippen LogP contribution is -2.52. The van der Waals surface area contributed by atoms with Crippen molar-refractivity contribution < 1.29 is 28.8 Å². The van der Waals surface area contributed by atoms with Crippen molar-refractivity contribution in [1.29, 1.82) is 0 Å². The van der Waals surface area contributed by atoms with Gasteiger partial charge in [0.25, 0.3) is 5.91 Å². The minimum atomic E-state index is -3.15. The maximum atomic E-state index is 13.6. The lowest BCUT2D eigenvalue weighted by molar-refractivity contribution is -0.121. The van der Waals surface area contributed by atoms with Crippen LogP contribution in [0.25, 0.3) is 0 Å². The second kappa shape index (κ2) is 8.71. The van der Waals surface area contributed by atoms with E-state index >= 15 is 0 Å². The summed E-state index contributed by atoms with van der Waals surface area (Å²) in [7, 11) is -3.15. The largest absolute Gasteiger partial charge is 0.501 e. The molecule has 0 saturated carbocycles. The first kappa shape index (κ1) is 21.9. The highest BCUT2D eigenvalue weighted by atomic mass is 31.2. The Bertz CT molecular complexity index is 834. The Morgan fingerprint density at radius 2 is 1.96 bits per heavy atom. The lowest BCUT2D eigenvalue weighted by atomic mass is 10.0. The number of imide groups is 1. The third-order valence-corrected chi connectivity index (χ3v) is 8.22.